The minimum absolute atomic E-state index is 0.147. The van der Waals surface area contributed by atoms with Crippen LogP contribution in [0.5, 0.6) is 0 Å². The minimum Gasteiger partial charge on any atom is -0.394 e. The largest absolute Gasteiger partial charge is 0.394 e. The molecule has 4 nitrogen and oxygen atoms in total. The van der Waals surface area contributed by atoms with Gasteiger partial charge in [-0.3, -0.25) is 0 Å². The monoisotopic (exact) mass is 159 g/mol. The van der Waals surface area contributed by atoms with Crippen molar-refractivity contribution in [1.82, 2.24) is 0 Å². The summed E-state index contributed by atoms with van der Waals surface area (Å²) in [5, 5.41) is 17.1. The third-order valence-corrected chi connectivity index (χ3v) is 1.08. The Kier molecular flexibility index (Phi) is 7.05. The second-order valence-electron chi connectivity index (χ2n) is 2.15. The van der Waals surface area contributed by atoms with E-state index in [4.69, 9.17) is 21.5 Å². The van der Waals surface area contributed by atoms with Crippen LogP contribution < -0.4 is 0 Å². The van der Waals surface area contributed by atoms with Gasteiger partial charge in [0.1, 0.15) is 6.10 Å². The van der Waals surface area contributed by atoms with Gasteiger partial charge in [0.2, 0.25) is 6.54 Å². The highest BCUT2D eigenvalue weighted by molar-refractivity contribution is 4.57. The average Bonchev–Trinajstić information content (AvgIpc) is 2.04. The maximum Gasteiger partial charge on any atom is 0.216 e. The minimum atomic E-state index is -0.789. The van der Waals surface area contributed by atoms with E-state index in [-0.39, 0.29) is 13.2 Å². The van der Waals surface area contributed by atoms with Crippen LogP contribution in [-0.2, 0) is 4.74 Å². The predicted molar refractivity (Wildman–Crippen MR) is 40.0 cm³/mol. The van der Waals surface area contributed by atoms with E-state index in [2.05, 4.69) is 4.85 Å². The van der Waals surface area contributed by atoms with Crippen LogP contribution in [0.4, 0.5) is 0 Å². The van der Waals surface area contributed by atoms with E-state index in [1.807, 2.05) is 0 Å². The molecule has 0 saturated heterocycles. The van der Waals surface area contributed by atoms with Crippen molar-refractivity contribution in [3.63, 3.8) is 0 Å². The zero-order valence-electron chi connectivity index (χ0n) is 6.36. The van der Waals surface area contributed by atoms with E-state index >= 15 is 0 Å². The van der Waals surface area contributed by atoms with Gasteiger partial charge in [-0.15, -0.1) is 0 Å². The van der Waals surface area contributed by atoms with Gasteiger partial charge in [-0.2, -0.15) is 0 Å². The lowest BCUT2D eigenvalue weighted by Gasteiger charge is -2.05. The molecule has 11 heavy (non-hydrogen) atoms. The summed E-state index contributed by atoms with van der Waals surface area (Å²) in [5.74, 6) is 0. The van der Waals surface area contributed by atoms with Crippen LogP contribution in [0, 0.1) is 6.57 Å². The highest BCUT2D eigenvalue weighted by Gasteiger charge is 2.00. The first-order valence-electron chi connectivity index (χ1n) is 3.51. The number of hydrogen-bond acceptors (Lipinski definition) is 3. The zero-order chi connectivity index (χ0) is 8.53. The smallest absolute Gasteiger partial charge is 0.216 e. The first kappa shape index (κ1) is 10.4. The molecule has 0 aromatic rings. The third kappa shape index (κ3) is 7.26. The molecular weight excluding hydrogens is 146 g/mol. The van der Waals surface area contributed by atoms with Gasteiger partial charge in [-0.25, -0.2) is 6.57 Å². The molecule has 0 rings (SSSR count). The molecule has 0 aromatic heterocycles. The van der Waals surface area contributed by atoms with Gasteiger partial charge in [0.25, 0.3) is 0 Å². The lowest BCUT2D eigenvalue weighted by atomic mass is 10.4. The maximum absolute atomic E-state index is 8.78. The van der Waals surface area contributed by atoms with Gasteiger partial charge >= 0.3 is 0 Å². The molecule has 4 heteroatoms. The molecule has 0 radical (unpaired) electrons. The molecule has 0 amide bonds. The van der Waals surface area contributed by atoms with Crippen LogP contribution in [0.15, 0.2) is 0 Å². The predicted octanol–water partition coefficient (Wildman–Crippen LogP) is -0.334. The van der Waals surface area contributed by atoms with E-state index in [0.717, 1.165) is 0 Å². The van der Waals surface area contributed by atoms with Crippen LogP contribution in [-0.4, -0.2) is 42.7 Å². The van der Waals surface area contributed by atoms with Crippen molar-refractivity contribution in [3.05, 3.63) is 11.4 Å². The number of aliphatic hydroxyl groups excluding tert-OH is 2. The number of aliphatic hydroxyl groups is 2. The van der Waals surface area contributed by atoms with Crippen molar-refractivity contribution in [3.8, 4) is 0 Å². The molecule has 0 aliphatic rings. The topological polar surface area (TPSA) is 54.0 Å². The standard InChI is InChI=1S/C7H13NO3/c1-8-3-2-4-11-6-7(10)5-9/h7,9-10H,2-6H2. The molecule has 2 N–H and O–H groups in total. The molecule has 0 spiro atoms. The van der Waals surface area contributed by atoms with E-state index < -0.39 is 6.10 Å². The molecule has 1 atom stereocenters. The highest BCUT2D eigenvalue weighted by atomic mass is 16.5. The number of hydrogen-bond donors (Lipinski definition) is 2. The van der Waals surface area contributed by atoms with Crippen molar-refractivity contribution >= 4 is 0 Å². The first-order valence-corrected chi connectivity index (χ1v) is 3.51. The van der Waals surface area contributed by atoms with Gasteiger partial charge in [0.15, 0.2) is 0 Å². The van der Waals surface area contributed by atoms with Crippen molar-refractivity contribution < 1.29 is 14.9 Å². The second kappa shape index (κ2) is 7.48. The van der Waals surface area contributed by atoms with Crippen LogP contribution in [0.1, 0.15) is 6.42 Å². The summed E-state index contributed by atoms with van der Waals surface area (Å²) in [7, 11) is 0. The average molecular weight is 159 g/mol. The maximum atomic E-state index is 8.78. The van der Waals surface area contributed by atoms with Crippen molar-refractivity contribution in [2.24, 2.45) is 0 Å². The Labute approximate surface area is 66.2 Å². The molecule has 0 aliphatic carbocycles. The SMILES string of the molecule is [C-]#[N+]CCCOCC(O)CO. The van der Waals surface area contributed by atoms with Crippen molar-refractivity contribution in [2.45, 2.75) is 12.5 Å². The first-order chi connectivity index (χ1) is 5.31. The van der Waals surface area contributed by atoms with Crippen LogP contribution in [0.2, 0.25) is 0 Å². The van der Waals surface area contributed by atoms with Gasteiger partial charge in [0, 0.05) is 6.42 Å². The lowest BCUT2D eigenvalue weighted by molar-refractivity contribution is 0.00642. The van der Waals surface area contributed by atoms with Crippen LogP contribution in [0.25, 0.3) is 4.85 Å². The Morgan fingerprint density at radius 3 is 2.82 bits per heavy atom. The van der Waals surface area contributed by atoms with Gasteiger partial charge in [0.05, 0.1) is 19.8 Å². The summed E-state index contributed by atoms with van der Waals surface area (Å²) < 4.78 is 4.94. The van der Waals surface area contributed by atoms with Crippen LogP contribution >= 0.6 is 0 Å². The summed E-state index contributed by atoms with van der Waals surface area (Å²) in [6, 6.07) is 0. The van der Waals surface area contributed by atoms with Crippen molar-refractivity contribution in [2.75, 3.05) is 26.4 Å². The molecule has 0 aromatic carbocycles. The quantitative estimate of drug-likeness (QED) is 0.412. The normalized spacial score (nSPS) is 12.5. The fourth-order valence-corrected chi connectivity index (χ4v) is 0.518. The molecule has 0 aliphatic heterocycles. The fourth-order valence-electron chi connectivity index (χ4n) is 0.518. The third-order valence-electron chi connectivity index (χ3n) is 1.08. The Bertz CT molecular complexity index is 121. The molecule has 0 fully saturated rings. The molecule has 0 heterocycles. The Hall–Kier alpha value is -0.630. The van der Waals surface area contributed by atoms with Gasteiger partial charge < -0.3 is 19.8 Å². The lowest BCUT2D eigenvalue weighted by Crippen LogP contribution is -2.19. The summed E-state index contributed by atoms with van der Waals surface area (Å²) in [5.41, 5.74) is 0. The van der Waals surface area contributed by atoms with E-state index in [1.165, 1.54) is 0 Å². The molecule has 1 unspecified atom stereocenters. The molecule has 64 valence electrons. The zero-order valence-corrected chi connectivity index (χ0v) is 6.36. The fraction of sp³-hybridized carbons (Fsp3) is 0.857. The molecule has 0 bridgehead atoms. The molecule has 0 saturated carbocycles. The number of ether oxygens (including phenoxy) is 1. The van der Waals surface area contributed by atoms with Crippen molar-refractivity contribution in [1.29, 1.82) is 0 Å². The van der Waals surface area contributed by atoms with Crippen LogP contribution in [0.3, 0.4) is 0 Å². The van der Waals surface area contributed by atoms with E-state index in [1.54, 1.807) is 0 Å². The van der Waals surface area contributed by atoms with Gasteiger partial charge in [-0.05, 0) is 0 Å². The summed E-state index contributed by atoms with van der Waals surface area (Å²) in [6.07, 6.45) is -0.107. The Morgan fingerprint density at radius 1 is 1.55 bits per heavy atom. The number of rotatable bonds is 6. The van der Waals surface area contributed by atoms with E-state index in [9.17, 15) is 0 Å². The Balaban J connectivity index is 2.97. The molecular formula is C7H13NO3. The Morgan fingerprint density at radius 2 is 2.27 bits per heavy atom. The van der Waals surface area contributed by atoms with E-state index in [0.29, 0.717) is 19.6 Å². The highest BCUT2D eigenvalue weighted by Crippen LogP contribution is 1.87. The van der Waals surface area contributed by atoms with Gasteiger partial charge in [-0.1, -0.05) is 0 Å². The summed E-state index contributed by atoms with van der Waals surface area (Å²) >= 11 is 0. The summed E-state index contributed by atoms with van der Waals surface area (Å²) in [4.78, 5) is 3.13. The second-order valence-corrected chi connectivity index (χ2v) is 2.15. The summed E-state index contributed by atoms with van der Waals surface area (Å²) in [6.45, 7) is 7.24. The number of nitrogens with zero attached hydrogens (tertiary/aromatic N) is 1.